The third kappa shape index (κ3) is 2.51. The first-order valence-electron chi connectivity index (χ1n) is 7.68. The molecule has 0 saturated heterocycles. The van der Waals surface area contributed by atoms with Crippen molar-refractivity contribution in [1.29, 1.82) is 0 Å². The molecular weight excluding hydrogens is 284 g/mol. The van der Waals surface area contributed by atoms with E-state index in [9.17, 15) is 8.42 Å². The van der Waals surface area contributed by atoms with Gasteiger partial charge in [0.1, 0.15) is 0 Å². The van der Waals surface area contributed by atoms with Gasteiger partial charge in [-0.3, -0.25) is 4.90 Å². The Morgan fingerprint density at radius 2 is 2.05 bits per heavy atom. The quantitative estimate of drug-likeness (QED) is 0.915. The molecule has 2 atom stereocenters. The van der Waals surface area contributed by atoms with E-state index in [1.54, 1.807) is 0 Å². The van der Waals surface area contributed by atoms with Crippen LogP contribution in [-0.4, -0.2) is 43.5 Å². The van der Waals surface area contributed by atoms with Gasteiger partial charge in [-0.05, 0) is 30.4 Å². The number of benzene rings is 1. The molecule has 0 bridgehead atoms. The molecule has 1 aliphatic heterocycles. The number of fused-ring (bicyclic) bond motifs is 1. The van der Waals surface area contributed by atoms with Gasteiger partial charge in [0.05, 0.1) is 10.8 Å². The predicted octanol–water partition coefficient (Wildman–Crippen LogP) is 1.34. The van der Waals surface area contributed by atoms with Crippen molar-refractivity contribution in [1.82, 2.24) is 4.90 Å². The zero-order valence-corrected chi connectivity index (χ0v) is 13.4. The monoisotopic (exact) mass is 308 g/mol. The molecule has 1 aromatic carbocycles. The standard InChI is InChI=1S/C16H24N2O2S/c1-21(19,20)15-7-4-9-16(15,12-17)18-10-8-13-5-2-3-6-14(13)11-18/h2-3,5-6,15H,4,7-12,17H2,1H3. The van der Waals surface area contributed by atoms with Crippen LogP contribution in [0.15, 0.2) is 24.3 Å². The van der Waals surface area contributed by atoms with Crippen LogP contribution in [0.1, 0.15) is 30.4 Å². The molecule has 116 valence electrons. The molecule has 5 heteroatoms. The molecule has 4 nitrogen and oxygen atoms in total. The van der Waals surface area contributed by atoms with Gasteiger partial charge in [-0.2, -0.15) is 0 Å². The minimum Gasteiger partial charge on any atom is -0.329 e. The van der Waals surface area contributed by atoms with Crippen molar-refractivity contribution >= 4 is 9.84 Å². The average Bonchev–Trinajstić information content (AvgIpc) is 2.92. The summed E-state index contributed by atoms with van der Waals surface area (Å²) in [5.74, 6) is 0. The zero-order valence-electron chi connectivity index (χ0n) is 12.6. The minimum atomic E-state index is -3.07. The molecule has 2 unspecified atom stereocenters. The van der Waals surface area contributed by atoms with Crippen molar-refractivity contribution < 1.29 is 8.42 Å². The zero-order chi connectivity index (χ0) is 15.1. The minimum absolute atomic E-state index is 0.319. The van der Waals surface area contributed by atoms with Gasteiger partial charge in [-0.15, -0.1) is 0 Å². The van der Waals surface area contributed by atoms with E-state index in [1.165, 1.54) is 17.4 Å². The lowest BCUT2D eigenvalue weighted by Crippen LogP contribution is -2.61. The summed E-state index contributed by atoms with van der Waals surface area (Å²) >= 11 is 0. The maximum absolute atomic E-state index is 12.2. The van der Waals surface area contributed by atoms with E-state index in [-0.39, 0.29) is 10.8 Å². The first-order chi connectivity index (χ1) is 9.97. The topological polar surface area (TPSA) is 63.4 Å². The molecular formula is C16H24N2O2S. The Balaban J connectivity index is 1.94. The van der Waals surface area contributed by atoms with Gasteiger partial charge in [-0.1, -0.05) is 30.7 Å². The van der Waals surface area contributed by atoms with Gasteiger partial charge < -0.3 is 5.73 Å². The maximum atomic E-state index is 12.2. The van der Waals surface area contributed by atoms with Crippen LogP contribution in [-0.2, 0) is 22.8 Å². The van der Waals surface area contributed by atoms with E-state index in [0.717, 1.165) is 38.8 Å². The van der Waals surface area contributed by atoms with E-state index in [0.29, 0.717) is 6.54 Å². The molecule has 1 heterocycles. The molecule has 3 rings (SSSR count). The molecule has 1 fully saturated rings. The van der Waals surface area contributed by atoms with Gasteiger partial charge in [0.15, 0.2) is 9.84 Å². The largest absolute Gasteiger partial charge is 0.329 e. The summed E-state index contributed by atoms with van der Waals surface area (Å²) in [6, 6.07) is 8.45. The number of sulfone groups is 1. The Hall–Kier alpha value is -0.910. The van der Waals surface area contributed by atoms with Crippen LogP contribution < -0.4 is 5.73 Å². The van der Waals surface area contributed by atoms with E-state index >= 15 is 0 Å². The van der Waals surface area contributed by atoms with Gasteiger partial charge >= 0.3 is 0 Å². The lowest BCUT2D eigenvalue weighted by atomic mass is 9.90. The highest BCUT2D eigenvalue weighted by molar-refractivity contribution is 7.91. The van der Waals surface area contributed by atoms with E-state index in [1.807, 2.05) is 0 Å². The predicted molar refractivity (Wildman–Crippen MR) is 84.8 cm³/mol. The van der Waals surface area contributed by atoms with Crippen molar-refractivity contribution in [2.45, 2.75) is 43.0 Å². The van der Waals surface area contributed by atoms with Crippen molar-refractivity contribution in [3.8, 4) is 0 Å². The molecule has 21 heavy (non-hydrogen) atoms. The Morgan fingerprint density at radius 1 is 1.33 bits per heavy atom. The smallest absolute Gasteiger partial charge is 0.152 e. The summed E-state index contributed by atoms with van der Waals surface area (Å²) in [5, 5.41) is -0.319. The fraction of sp³-hybridized carbons (Fsp3) is 0.625. The second-order valence-electron chi connectivity index (χ2n) is 6.46. The molecule has 2 aliphatic rings. The summed E-state index contributed by atoms with van der Waals surface area (Å²) in [4.78, 5) is 2.34. The van der Waals surface area contributed by atoms with Crippen LogP contribution in [0.4, 0.5) is 0 Å². The SMILES string of the molecule is CS(=O)(=O)C1CCCC1(CN)N1CCc2ccccc2C1. The molecule has 0 aromatic heterocycles. The molecule has 2 N–H and O–H groups in total. The van der Waals surface area contributed by atoms with Gasteiger partial charge in [0, 0.05) is 25.9 Å². The highest BCUT2D eigenvalue weighted by Crippen LogP contribution is 2.41. The Morgan fingerprint density at radius 3 is 2.71 bits per heavy atom. The molecule has 1 saturated carbocycles. The molecule has 0 spiro atoms. The van der Waals surface area contributed by atoms with Crippen LogP contribution in [0.3, 0.4) is 0 Å². The fourth-order valence-corrected chi connectivity index (χ4v) is 5.99. The summed E-state index contributed by atoms with van der Waals surface area (Å²) in [6.45, 7) is 2.15. The van der Waals surface area contributed by atoms with Crippen LogP contribution >= 0.6 is 0 Å². The number of nitrogens with zero attached hydrogens (tertiary/aromatic N) is 1. The van der Waals surface area contributed by atoms with E-state index < -0.39 is 9.84 Å². The second-order valence-corrected chi connectivity index (χ2v) is 8.69. The third-order valence-corrected chi connectivity index (χ3v) is 7.01. The van der Waals surface area contributed by atoms with Crippen LogP contribution in [0.5, 0.6) is 0 Å². The third-order valence-electron chi connectivity index (χ3n) is 5.31. The van der Waals surface area contributed by atoms with Gasteiger partial charge in [0.2, 0.25) is 0 Å². The maximum Gasteiger partial charge on any atom is 0.152 e. The van der Waals surface area contributed by atoms with Crippen molar-refractivity contribution in [2.24, 2.45) is 5.73 Å². The first kappa shape index (κ1) is 15.0. The van der Waals surface area contributed by atoms with E-state index in [4.69, 9.17) is 5.73 Å². The summed E-state index contributed by atoms with van der Waals surface area (Å²) in [5.41, 5.74) is 8.43. The summed E-state index contributed by atoms with van der Waals surface area (Å²) in [6.07, 6.45) is 4.93. The highest BCUT2D eigenvalue weighted by atomic mass is 32.2. The number of nitrogens with two attached hydrogens (primary N) is 1. The second kappa shape index (κ2) is 5.38. The molecule has 1 aromatic rings. The number of rotatable bonds is 3. The van der Waals surface area contributed by atoms with Crippen molar-refractivity contribution in [3.05, 3.63) is 35.4 Å². The molecule has 0 amide bonds. The number of hydrogen-bond acceptors (Lipinski definition) is 4. The highest BCUT2D eigenvalue weighted by Gasteiger charge is 2.51. The normalized spacial score (nSPS) is 30.3. The molecule has 1 aliphatic carbocycles. The fourth-order valence-electron chi connectivity index (χ4n) is 4.24. The van der Waals surface area contributed by atoms with Crippen LogP contribution in [0.2, 0.25) is 0 Å². The summed E-state index contributed by atoms with van der Waals surface area (Å²) < 4.78 is 24.4. The Labute approximate surface area is 127 Å². The lowest BCUT2D eigenvalue weighted by molar-refractivity contribution is 0.0867. The van der Waals surface area contributed by atoms with Crippen LogP contribution in [0.25, 0.3) is 0 Å². The van der Waals surface area contributed by atoms with Gasteiger partial charge in [0.25, 0.3) is 0 Å². The lowest BCUT2D eigenvalue weighted by Gasteiger charge is -2.46. The first-order valence-corrected chi connectivity index (χ1v) is 9.63. The van der Waals surface area contributed by atoms with Crippen molar-refractivity contribution in [2.75, 3.05) is 19.3 Å². The Kier molecular flexibility index (Phi) is 3.84. The Bertz CT molecular complexity index is 629. The summed E-state index contributed by atoms with van der Waals surface area (Å²) in [7, 11) is -3.07. The van der Waals surface area contributed by atoms with Gasteiger partial charge in [-0.25, -0.2) is 8.42 Å². The van der Waals surface area contributed by atoms with Crippen LogP contribution in [0, 0.1) is 0 Å². The molecule has 0 radical (unpaired) electrons. The number of hydrogen-bond donors (Lipinski definition) is 1. The average molecular weight is 308 g/mol. The van der Waals surface area contributed by atoms with E-state index in [2.05, 4.69) is 29.2 Å². The van der Waals surface area contributed by atoms with Crippen molar-refractivity contribution in [3.63, 3.8) is 0 Å².